The molecule has 1 amide bonds. The van der Waals surface area contributed by atoms with Crippen molar-refractivity contribution in [3.63, 3.8) is 0 Å². The number of carbonyl (C=O) groups is 1. The molecule has 0 bridgehead atoms. The lowest BCUT2D eigenvalue weighted by Crippen LogP contribution is -2.30. The fraction of sp³-hybridized carbons (Fsp3) is 0.417. The summed E-state index contributed by atoms with van der Waals surface area (Å²) in [4.78, 5) is 13.7. The molecule has 2 N–H and O–H groups in total. The first kappa shape index (κ1) is 12.3. The zero-order valence-corrected chi connectivity index (χ0v) is 10.1. The highest BCUT2D eigenvalue weighted by Gasteiger charge is 2.27. The summed E-state index contributed by atoms with van der Waals surface area (Å²) in [7, 11) is 0. The van der Waals surface area contributed by atoms with Crippen LogP contribution in [0.1, 0.15) is 16.8 Å². The lowest BCUT2D eigenvalue weighted by atomic mass is 10.1. The molecule has 1 heterocycles. The lowest BCUT2D eigenvalue weighted by molar-refractivity contribution is 0.0783. The van der Waals surface area contributed by atoms with Crippen LogP contribution in [-0.4, -0.2) is 30.4 Å². The van der Waals surface area contributed by atoms with E-state index in [1.54, 1.807) is 4.90 Å². The van der Waals surface area contributed by atoms with Crippen molar-refractivity contribution in [3.05, 3.63) is 34.6 Å². The number of rotatable bonds is 2. The summed E-state index contributed by atoms with van der Waals surface area (Å²) in [6.07, 6.45) is 0.886. The third-order valence-electron chi connectivity index (χ3n) is 3.07. The Morgan fingerprint density at radius 2 is 2.35 bits per heavy atom. The van der Waals surface area contributed by atoms with Crippen molar-refractivity contribution in [2.24, 2.45) is 11.7 Å². The van der Waals surface area contributed by atoms with E-state index < -0.39 is 5.82 Å². The van der Waals surface area contributed by atoms with Crippen LogP contribution in [-0.2, 0) is 0 Å². The van der Waals surface area contributed by atoms with Gasteiger partial charge in [-0.15, -0.1) is 0 Å². The molecule has 0 aromatic heterocycles. The van der Waals surface area contributed by atoms with Gasteiger partial charge in [0, 0.05) is 18.1 Å². The number of hydrogen-bond donors (Lipinski definition) is 1. The van der Waals surface area contributed by atoms with Gasteiger partial charge in [0.05, 0.1) is 5.56 Å². The SMILES string of the molecule is NC[C@@H]1CCN(C(=O)c2ccc(Cl)cc2F)C1. The van der Waals surface area contributed by atoms with Crippen LogP contribution in [0.25, 0.3) is 0 Å². The number of nitrogens with two attached hydrogens (primary N) is 1. The normalized spacial score (nSPS) is 19.7. The second-order valence-corrected chi connectivity index (χ2v) is 4.70. The van der Waals surface area contributed by atoms with E-state index in [1.165, 1.54) is 12.1 Å². The molecule has 17 heavy (non-hydrogen) atoms. The van der Waals surface area contributed by atoms with Gasteiger partial charge in [-0.1, -0.05) is 11.6 Å². The Morgan fingerprint density at radius 1 is 1.59 bits per heavy atom. The Hall–Kier alpha value is -1.13. The summed E-state index contributed by atoms with van der Waals surface area (Å²) in [5.41, 5.74) is 5.63. The number of nitrogens with zero attached hydrogens (tertiary/aromatic N) is 1. The highest BCUT2D eigenvalue weighted by molar-refractivity contribution is 6.30. The van der Waals surface area contributed by atoms with Crippen LogP contribution in [0.5, 0.6) is 0 Å². The van der Waals surface area contributed by atoms with Crippen LogP contribution in [0.2, 0.25) is 5.02 Å². The van der Waals surface area contributed by atoms with Crippen molar-refractivity contribution in [2.45, 2.75) is 6.42 Å². The molecule has 1 aromatic carbocycles. The average molecular weight is 257 g/mol. The maximum absolute atomic E-state index is 13.6. The third-order valence-corrected chi connectivity index (χ3v) is 3.30. The lowest BCUT2D eigenvalue weighted by Gasteiger charge is -2.16. The fourth-order valence-electron chi connectivity index (χ4n) is 2.04. The molecule has 1 saturated heterocycles. The maximum Gasteiger partial charge on any atom is 0.256 e. The molecule has 0 unspecified atom stereocenters. The first-order valence-corrected chi connectivity index (χ1v) is 5.94. The minimum absolute atomic E-state index is 0.0760. The molecule has 0 aliphatic carbocycles. The van der Waals surface area contributed by atoms with Crippen LogP contribution in [0.3, 0.4) is 0 Å². The average Bonchev–Trinajstić information content (AvgIpc) is 2.76. The number of carbonyl (C=O) groups excluding carboxylic acids is 1. The zero-order valence-electron chi connectivity index (χ0n) is 9.33. The van der Waals surface area contributed by atoms with Crippen molar-refractivity contribution in [3.8, 4) is 0 Å². The molecule has 1 aromatic rings. The van der Waals surface area contributed by atoms with Crippen LogP contribution in [0.4, 0.5) is 4.39 Å². The highest BCUT2D eigenvalue weighted by Crippen LogP contribution is 2.21. The van der Waals surface area contributed by atoms with Gasteiger partial charge in [-0.05, 0) is 37.1 Å². The number of halogens is 2. The summed E-state index contributed by atoms with van der Waals surface area (Å²) in [5, 5.41) is 0.292. The Balaban J connectivity index is 2.15. The molecule has 1 aliphatic rings. The number of hydrogen-bond acceptors (Lipinski definition) is 2. The van der Waals surface area contributed by atoms with E-state index >= 15 is 0 Å². The van der Waals surface area contributed by atoms with Gasteiger partial charge in [0.15, 0.2) is 0 Å². The van der Waals surface area contributed by atoms with Crippen molar-refractivity contribution in [1.29, 1.82) is 0 Å². The van der Waals surface area contributed by atoms with E-state index in [2.05, 4.69) is 0 Å². The summed E-state index contributed by atoms with van der Waals surface area (Å²) in [5.74, 6) is -0.525. The van der Waals surface area contributed by atoms with Gasteiger partial charge >= 0.3 is 0 Å². The second kappa shape index (κ2) is 5.02. The van der Waals surface area contributed by atoms with E-state index in [4.69, 9.17) is 17.3 Å². The minimum Gasteiger partial charge on any atom is -0.338 e. The minimum atomic E-state index is -0.571. The van der Waals surface area contributed by atoms with E-state index in [-0.39, 0.29) is 11.5 Å². The standard InChI is InChI=1S/C12H14ClFN2O/c13-9-1-2-10(11(14)5-9)12(17)16-4-3-8(6-15)7-16/h1-2,5,8H,3-4,6-7,15H2/t8-/m0/s1. The Bertz CT molecular complexity index is 439. The molecule has 0 spiro atoms. The van der Waals surface area contributed by atoms with Gasteiger partial charge in [-0.2, -0.15) is 0 Å². The molecule has 1 fully saturated rings. The van der Waals surface area contributed by atoms with Crippen LogP contribution in [0, 0.1) is 11.7 Å². The van der Waals surface area contributed by atoms with Gasteiger partial charge in [0.1, 0.15) is 5.82 Å². The van der Waals surface area contributed by atoms with Crippen molar-refractivity contribution >= 4 is 17.5 Å². The Labute approximate surface area is 104 Å². The van der Waals surface area contributed by atoms with Crippen LogP contribution >= 0.6 is 11.6 Å². The molecule has 2 rings (SSSR count). The monoisotopic (exact) mass is 256 g/mol. The molecule has 0 radical (unpaired) electrons. The fourth-order valence-corrected chi connectivity index (χ4v) is 2.20. The quantitative estimate of drug-likeness (QED) is 0.879. The highest BCUT2D eigenvalue weighted by atomic mass is 35.5. The van der Waals surface area contributed by atoms with Gasteiger partial charge < -0.3 is 10.6 Å². The summed E-state index contributed by atoms with van der Waals surface area (Å²) >= 11 is 5.65. The van der Waals surface area contributed by atoms with E-state index in [0.717, 1.165) is 12.5 Å². The number of likely N-dealkylation sites (tertiary alicyclic amines) is 1. The van der Waals surface area contributed by atoms with Crippen LogP contribution < -0.4 is 5.73 Å². The van der Waals surface area contributed by atoms with E-state index in [0.29, 0.717) is 30.6 Å². The number of amides is 1. The summed E-state index contributed by atoms with van der Waals surface area (Å²) in [6, 6.07) is 4.11. The predicted molar refractivity (Wildman–Crippen MR) is 64.5 cm³/mol. The van der Waals surface area contributed by atoms with E-state index in [1.807, 2.05) is 0 Å². The third kappa shape index (κ3) is 2.58. The first-order valence-electron chi connectivity index (χ1n) is 5.56. The smallest absolute Gasteiger partial charge is 0.256 e. The number of benzene rings is 1. The van der Waals surface area contributed by atoms with Crippen molar-refractivity contribution < 1.29 is 9.18 Å². The summed E-state index contributed by atoms with van der Waals surface area (Å²) in [6.45, 7) is 1.81. The topological polar surface area (TPSA) is 46.3 Å². The predicted octanol–water partition coefficient (Wildman–Crippen LogP) is 1.90. The van der Waals surface area contributed by atoms with Gasteiger partial charge in [0.2, 0.25) is 0 Å². The molecule has 0 saturated carbocycles. The largest absolute Gasteiger partial charge is 0.338 e. The molecular weight excluding hydrogens is 243 g/mol. The van der Waals surface area contributed by atoms with E-state index in [9.17, 15) is 9.18 Å². The van der Waals surface area contributed by atoms with Crippen LogP contribution in [0.15, 0.2) is 18.2 Å². The maximum atomic E-state index is 13.6. The van der Waals surface area contributed by atoms with Gasteiger partial charge in [0.25, 0.3) is 5.91 Å². The molecule has 1 atom stereocenters. The second-order valence-electron chi connectivity index (χ2n) is 4.27. The van der Waals surface area contributed by atoms with Crippen molar-refractivity contribution in [1.82, 2.24) is 4.90 Å². The molecule has 1 aliphatic heterocycles. The van der Waals surface area contributed by atoms with Gasteiger partial charge in [-0.3, -0.25) is 4.79 Å². The summed E-state index contributed by atoms with van der Waals surface area (Å²) < 4.78 is 13.6. The zero-order chi connectivity index (χ0) is 12.4. The van der Waals surface area contributed by atoms with Gasteiger partial charge in [-0.25, -0.2) is 4.39 Å². The Morgan fingerprint density at radius 3 is 2.94 bits per heavy atom. The van der Waals surface area contributed by atoms with Crippen molar-refractivity contribution in [2.75, 3.05) is 19.6 Å². The molecule has 92 valence electrons. The molecule has 5 heteroatoms. The molecular formula is C12H14ClFN2O. The Kier molecular flexibility index (Phi) is 3.64. The molecule has 3 nitrogen and oxygen atoms in total. The first-order chi connectivity index (χ1) is 8.11.